The molecule has 0 bridgehead atoms. The summed E-state index contributed by atoms with van der Waals surface area (Å²) in [7, 11) is 0. The summed E-state index contributed by atoms with van der Waals surface area (Å²) >= 11 is 0. The van der Waals surface area contributed by atoms with E-state index < -0.39 is 29.3 Å². The molecule has 0 aromatic heterocycles. The predicted molar refractivity (Wildman–Crippen MR) is 62.0 cm³/mol. The van der Waals surface area contributed by atoms with Gasteiger partial charge in [-0.25, -0.2) is 4.90 Å². The van der Waals surface area contributed by atoms with Crippen molar-refractivity contribution in [2.75, 3.05) is 0 Å². The third-order valence-corrected chi connectivity index (χ3v) is 3.17. The van der Waals surface area contributed by atoms with E-state index in [2.05, 4.69) is 10.0 Å². The van der Waals surface area contributed by atoms with Crippen molar-refractivity contribution in [2.24, 2.45) is 5.11 Å². The smallest absolute Gasteiger partial charge is 0.287 e. The standard InChI is InChI=1S/C11H5N5O4/c12-15-14-11(9(19)13-10(11)20)16-7(17)5-3-1-2-4-6(5)8(16)18/h1-4H,(H,13,19,20). The number of benzene rings is 1. The Balaban J connectivity index is 2.19. The second-order valence-corrected chi connectivity index (χ2v) is 4.14. The normalized spacial score (nSPS) is 19.1. The molecular formula is C11H5N5O4. The van der Waals surface area contributed by atoms with Crippen LogP contribution in [0.3, 0.4) is 0 Å². The summed E-state index contributed by atoms with van der Waals surface area (Å²) in [4.78, 5) is 50.5. The molecule has 4 amide bonds. The lowest BCUT2D eigenvalue weighted by atomic mass is 9.99. The molecular weight excluding hydrogens is 266 g/mol. The molecule has 9 nitrogen and oxygen atoms in total. The molecule has 2 aliphatic rings. The Morgan fingerprint density at radius 1 is 1.05 bits per heavy atom. The van der Waals surface area contributed by atoms with Crippen LogP contribution in [0.5, 0.6) is 0 Å². The number of imide groups is 2. The van der Waals surface area contributed by atoms with Crippen molar-refractivity contribution in [1.29, 1.82) is 0 Å². The Labute approximate surface area is 110 Å². The van der Waals surface area contributed by atoms with Gasteiger partial charge in [-0.15, -0.1) is 0 Å². The van der Waals surface area contributed by atoms with Gasteiger partial charge in [0.15, 0.2) is 0 Å². The van der Waals surface area contributed by atoms with Crippen LogP contribution >= 0.6 is 0 Å². The first-order chi connectivity index (χ1) is 9.54. The molecule has 1 fully saturated rings. The van der Waals surface area contributed by atoms with E-state index in [0.29, 0.717) is 4.90 Å². The number of fused-ring (bicyclic) bond motifs is 1. The lowest BCUT2D eigenvalue weighted by Gasteiger charge is -2.39. The minimum atomic E-state index is -2.46. The number of rotatable bonds is 2. The largest absolute Gasteiger partial charge is 0.291 e. The second-order valence-electron chi connectivity index (χ2n) is 4.14. The maximum atomic E-state index is 12.2. The highest BCUT2D eigenvalue weighted by Gasteiger charge is 2.65. The lowest BCUT2D eigenvalue weighted by Crippen LogP contribution is -2.76. The topological polar surface area (TPSA) is 132 Å². The Morgan fingerprint density at radius 3 is 1.95 bits per heavy atom. The van der Waals surface area contributed by atoms with Gasteiger partial charge in [-0.3, -0.25) is 24.5 Å². The van der Waals surface area contributed by atoms with Gasteiger partial charge in [-0.1, -0.05) is 12.1 Å². The van der Waals surface area contributed by atoms with Gasteiger partial charge < -0.3 is 0 Å². The molecule has 0 saturated carbocycles. The van der Waals surface area contributed by atoms with Crippen molar-refractivity contribution in [3.05, 3.63) is 45.8 Å². The average molecular weight is 271 g/mol. The molecule has 20 heavy (non-hydrogen) atoms. The van der Waals surface area contributed by atoms with Crippen molar-refractivity contribution in [3.8, 4) is 0 Å². The number of amides is 4. The van der Waals surface area contributed by atoms with Crippen LogP contribution in [0.2, 0.25) is 0 Å². The Morgan fingerprint density at radius 2 is 1.55 bits per heavy atom. The minimum absolute atomic E-state index is 0.0533. The first kappa shape index (κ1) is 11.9. The van der Waals surface area contributed by atoms with Gasteiger partial charge in [-0.05, 0) is 22.8 Å². The summed E-state index contributed by atoms with van der Waals surface area (Å²) in [5.41, 5.74) is 6.18. The summed E-state index contributed by atoms with van der Waals surface area (Å²) < 4.78 is 0. The molecule has 1 aromatic rings. The molecule has 1 aromatic carbocycles. The maximum Gasteiger partial charge on any atom is 0.287 e. The second kappa shape index (κ2) is 3.65. The van der Waals surface area contributed by atoms with Crippen LogP contribution in [0.1, 0.15) is 20.7 Å². The highest BCUT2D eigenvalue weighted by molar-refractivity contribution is 6.33. The number of hydrogen-bond acceptors (Lipinski definition) is 5. The fourth-order valence-electron chi connectivity index (χ4n) is 2.20. The van der Waals surface area contributed by atoms with Crippen LogP contribution in [0, 0.1) is 0 Å². The van der Waals surface area contributed by atoms with E-state index in [1.807, 2.05) is 5.32 Å². The zero-order valence-electron chi connectivity index (χ0n) is 9.73. The molecule has 0 radical (unpaired) electrons. The van der Waals surface area contributed by atoms with Crippen LogP contribution in [-0.4, -0.2) is 34.2 Å². The van der Waals surface area contributed by atoms with Gasteiger partial charge in [0, 0.05) is 4.91 Å². The van der Waals surface area contributed by atoms with E-state index in [4.69, 9.17) is 5.53 Å². The lowest BCUT2D eigenvalue weighted by molar-refractivity contribution is -0.156. The Kier molecular flexibility index (Phi) is 2.17. The Bertz CT molecular complexity index is 694. The van der Waals surface area contributed by atoms with Crippen LogP contribution in [-0.2, 0) is 9.59 Å². The summed E-state index contributed by atoms with van der Waals surface area (Å²) in [5.74, 6) is -3.70. The van der Waals surface area contributed by atoms with E-state index >= 15 is 0 Å². The zero-order valence-corrected chi connectivity index (χ0v) is 9.73. The molecule has 0 unspecified atom stereocenters. The average Bonchev–Trinajstić information content (AvgIpc) is 2.70. The predicted octanol–water partition coefficient (Wildman–Crippen LogP) is -0.0544. The number of hydrogen-bond donors (Lipinski definition) is 1. The van der Waals surface area contributed by atoms with Gasteiger partial charge in [0.1, 0.15) is 0 Å². The number of nitrogens with zero attached hydrogens (tertiary/aromatic N) is 4. The highest BCUT2D eigenvalue weighted by Crippen LogP contribution is 2.34. The quantitative estimate of drug-likeness (QED) is 0.201. The number of nitrogens with one attached hydrogen (secondary N) is 1. The zero-order chi connectivity index (χ0) is 14.5. The molecule has 3 rings (SSSR count). The van der Waals surface area contributed by atoms with Crippen molar-refractivity contribution >= 4 is 23.6 Å². The third kappa shape index (κ3) is 1.14. The summed E-state index contributed by atoms with van der Waals surface area (Å²) in [6.07, 6.45) is 0. The van der Waals surface area contributed by atoms with E-state index in [1.165, 1.54) is 24.3 Å². The Hall–Kier alpha value is -3.19. The van der Waals surface area contributed by atoms with Crippen LogP contribution in [0.15, 0.2) is 29.4 Å². The van der Waals surface area contributed by atoms with E-state index in [1.54, 1.807) is 0 Å². The molecule has 9 heteroatoms. The van der Waals surface area contributed by atoms with Gasteiger partial charge in [0.25, 0.3) is 29.3 Å². The molecule has 0 aliphatic carbocycles. The monoisotopic (exact) mass is 271 g/mol. The highest BCUT2D eigenvalue weighted by atomic mass is 16.2. The number of β-lactam (4-membered cyclic amide) rings is 2. The molecule has 2 aliphatic heterocycles. The molecule has 1 saturated heterocycles. The first-order valence-electron chi connectivity index (χ1n) is 5.44. The van der Waals surface area contributed by atoms with Gasteiger partial charge in [0.05, 0.1) is 11.1 Å². The van der Waals surface area contributed by atoms with Gasteiger partial charge >= 0.3 is 0 Å². The van der Waals surface area contributed by atoms with Crippen molar-refractivity contribution in [1.82, 2.24) is 10.2 Å². The summed E-state index contributed by atoms with van der Waals surface area (Å²) in [5, 5.41) is 4.93. The van der Waals surface area contributed by atoms with Crippen LogP contribution in [0.4, 0.5) is 0 Å². The summed E-state index contributed by atoms with van der Waals surface area (Å²) in [6, 6.07) is 5.85. The van der Waals surface area contributed by atoms with Gasteiger partial charge in [-0.2, -0.15) is 0 Å². The van der Waals surface area contributed by atoms with Crippen LogP contribution < -0.4 is 5.32 Å². The molecule has 2 heterocycles. The van der Waals surface area contributed by atoms with Gasteiger partial charge in [0.2, 0.25) is 0 Å². The SMILES string of the molecule is [N-]=[N+]=NC1(N2C(=O)c3ccccc3C2=O)C(=O)NC1=O. The van der Waals surface area contributed by atoms with E-state index in [-0.39, 0.29) is 11.1 Å². The fourth-order valence-corrected chi connectivity index (χ4v) is 2.20. The van der Waals surface area contributed by atoms with Crippen molar-refractivity contribution < 1.29 is 19.2 Å². The fraction of sp³-hybridized carbons (Fsp3) is 0.0909. The van der Waals surface area contributed by atoms with Crippen LogP contribution in [0.25, 0.3) is 10.4 Å². The number of carbonyl (C=O) groups excluding carboxylic acids is 4. The number of azide groups is 1. The summed E-state index contributed by atoms with van der Waals surface area (Å²) in [6.45, 7) is 0. The molecule has 0 spiro atoms. The number of carbonyl (C=O) groups is 4. The van der Waals surface area contributed by atoms with E-state index in [9.17, 15) is 19.2 Å². The minimum Gasteiger partial charge on any atom is -0.291 e. The molecule has 98 valence electrons. The van der Waals surface area contributed by atoms with Crippen molar-refractivity contribution in [3.63, 3.8) is 0 Å². The maximum absolute atomic E-state index is 12.2. The van der Waals surface area contributed by atoms with E-state index in [0.717, 1.165) is 0 Å². The first-order valence-corrected chi connectivity index (χ1v) is 5.44. The molecule has 0 atom stereocenters. The van der Waals surface area contributed by atoms with Crippen molar-refractivity contribution in [2.45, 2.75) is 5.66 Å². The third-order valence-electron chi connectivity index (χ3n) is 3.17. The molecule has 1 N–H and O–H groups in total.